The maximum Gasteiger partial charge on any atom is 0.119 e. The van der Waals surface area contributed by atoms with Crippen molar-refractivity contribution < 1.29 is 14.9 Å². The Morgan fingerprint density at radius 1 is 1.00 bits per heavy atom. The molecule has 0 aliphatic heterocycles. The van der Waals surface area contributed by atoms with E-state index in [1.54, 1.807) is 12.1 Å². The highest BCUT2D eigenvalue weighted by Gasteiger charge is 2.22. The van der Waals surface area contributed by atoms with E-state index >= 15 is 0 Å². The fourth-order valence-electron chi connectivity index (χ4n) is 3.92. The molecule has 2 aromatic carbocycles. The molecule has 4 heteroatoms. The second kappa shape index (κ2) is 11.0. The molecule has 0 bridgehead atoms. The molecule has 3 N–H and O–H groups in total. The Labute approximate surface area is 174 Å². The Kier molecular flexibility index (Phi) is 8.14. The maximum atomic E-state index is 9.88. The van der Waals surface area contributed by atoms with Crippen molar-refractivity contribution in [3.63, 3.8) is 0 Å². The van der Waals surface area contributed by atoms with Crippen LogP contribution in [0.1, 0.15) is 36.8 Å². The molecular formula is C25H33NO3. The topological polar surface area (TPSA) is 61.7 Å². The Morgan fingerprint density at radius 2 is 1.66 bits per heavy atom. The van der Waals surface area contributed by atoms with Crippen LogP contribution in [-0.4, -0.2) is 36.5 Å². The highest BCUT2D eigenvalue weighted by atomic mass is 16.5. The van der Waals surface area contributed by atoms with Gasteiger partial charge in [0.1, 0.15) is 18.1 Å². The van der Waals surface area contributed by atoms with Gasteiger partial charge in [0.25, 0.3) is 0 Å². The van der Waals surface area contributed by atoms with Crippen LogP contribution in [0.25, 0.3) is 0 Å². The summed E-state index contributed by atoms with van der Waals surface area (Å²) in [4.78, 5) is 0. The Morgan fingerprint density at radius 3 is 2.31 bits per heavy atom. The van der Waals surface area contributed by atoms with Crippen molar-refractivity contribution in [3.05, 3.63) is 71.3 Å². The van der Waals surface area contributed by atoms with E-state index < -0.39 is 0 Å². The van der Waals surface area contributed by atoms with Crippen LogP contribution in [0.2, 0.25) is 0 Å². The van der Waals surface area contributed by atoms with Crippen LogP contribution in [0, 0.1) is 5.92 Å². The van der Waals surface area contributed by atoms with Crippen molar-refractivity contribution in [1.29, 1.82) is 0 Å². The molecule has 0 spiro atoms. The van der Waals surface area contributed by atoms with Crippen molar-refractivity contribution in [2.45, 2.75) is 44.6 Å². The molecule has 1 fully saturated rings. The molecule has 0 unspecified atom stereocenters. The van der Waals surface area contributed by atoms with Crippen LogP contribution in [0.15, 0.2) is 60.2 Å². The quantitative estimate of drug-likeness (QED) is 0.439. The molecule has 0 amide bonds. The third kappa shape index (κ3) is 6.91. The summed E-state index contributed by atoms with van der Waals surface area (Å²) in [7, 11) is 1.92. The van der Waals surface area contributed by atoms with E-state index in [4.69, 9.17) is 4.74 Å². The number of allylic oxidation sites excluding steroid dienone is 2. The first-order valence-corrected chi connectivity index (χ1v) is 10.7. The number of nitrogens with one attached hydrogen (secondary N) is 1. The van der Waals surface area contributed by atoms with Crippen molar-refractivity contribution in [3.8, 4) is 11.5 Å². The lowest BCUT2D eigenvalue weighted by atomic mass is 9.80. The van der Waals surface area contributed by atoms with Crippen LogP contribution in [-0.2, 0) is 12.8 Å². The third-order valence-corrected chi connectivity index (χ3v) is 5.71. The number of phenols is 1. The normalized spacial score (nSPS) is 19.9. The average Bonchev–Trinajstić information content (AvgIpc) is 2.74. The zero-order valence-corrected chi connectivity index (χ0v) is 17.3. The smallest absolute Gasteiger partial charge is 0.119 e. The zero-order chi connectivity index (χ0) is 20.5. The summed E-state index contributed by atoms with van der Waals surface area (Å²) in [6.07, 6.45) is 7.87. The number of aliphatic hydroxyl groups is 1. The molecule has 0 aromatic heterocycles. The van der Waals surface area contributed by atoms with Gasteiger partial charge in [-0.3, -0.25) is 0 Å². The van der Waals surface area contributed by atoms with Crippen LogP contribution in [0.3, 0.4) is 0 Å². The highest BCUT2D eigenvalue weighted by molar-refractivity contribution is 5.32. The SMILES string of the molecule is CNCCOc1ccc(CC=C(Cc2ccc(O)cc2)C2CCC(O)CC2)cc1. The van der Waals surface area contributed by atoms with Gasteiger partial charge in [-0.2, -0.15) is 0 Å². The van der Waals surface area contributed by atoms with Gasteiger partial charge >= 0.3 is 0 Å². The second-order valence-corrected chi connectivity index (χ2v) is 7.93. The summed E-state index contributed by atoms with van der Waals surface area (Å²) in [6, 6.07) is 15.8. The van der Waals surface area contributed by atoms with E-state index in [0.29, 0.717) is 18.3 Å². The predicted molar refractivity (Wildman–Crippen MR) is 117 cm³/mol. The highest BCUT2D eigenvalue weighted by Crippen LogP contribution is 2.32. The Bertz CT molecular complexity index is 760. The van der Waals surface area contributed by atoms with Crippen molar-refractivity contribution in [2.24, 2.45) is 5.92 Å². The maximum absolute atomic E-state index is 9.88. The van der Waals surface area contributed by atoms with Gasteiger partial charge in [-0.05, 0) is 86.9 Å². The van der Waals surface area contributed by atoms with Crippen LogP contribution >= 0.6 is 0 Å². The van der Waals surface area contributed by atoms with Gasteiger partial charge < -0.3 is 20.3 Å². The average molecular weight is 396 g/mol. The summed E-state index contributed by atoms with van der Waals surface area (Å²) in [5.41, 5.74) is 3.93. The van der Waals surface area contributed by atoms with Crippen LogP contribution in [0.5, 0.6) is 11.5 Å². The number of phenolic OH excluding ortho intramolecular Hbond substituents is 1. The lowest BCUT2D eigenvalue weighted by Gasteiger charge is -2.28. The first kappa shape index (κ1) is 21.4. The number of rotatable bonds is 9. The lowest BCUT2D eigenvalue weighted by Crippen LogP contribution is -2.20. The van der Waals surface area contributed by atoms with E-state index in [1.807, 2.05) is 31.3 Å². The third-order valence-electron chi connectivity index (χ3n) is 5.71. The molecule has 0 atom stereocenters. The van der Waals surface area contributed by atoms with E-state index in [1.165, 1.54) is 16.7 Å². The number of ether oxygens (including phenoxy) is 1. The molecule has 2 aromatic rings. The number of hydrogen-bond donors (Lipinski definition) is 3. The van der Waals surface area contributed by atoms with Gasteiger partial charge in [-0.15, -0.1) is 0 Å². The first-order valence-electron chi connectivity index (χ1n) is 10.7. The monoisotopic (exact) mass is 395 g/mol. The van der Waals surface area contributed by atoms with Crippen molar-refractivity contribution in [2.75, 3.05) is 20.2 Å². The standard InChI is InChI=1S/C25H33NO3/c1-26-16-17-29-25-14-5-19(6-15-25)2-7-22(21-8-12-24(28)13-9-21)18-20-3-10-23(27)11-4-20/h3-7,10-11,14-15,21,24,26-28H,2,8-9,12-13,16-18H2,1H3. The fourth-order valence-corrected chi connectivity index (χ4v) is 3.92. The van der Waals surface area contributed by atoms with Crippen LogP contribution in [0.4, 0.5) is 0 Å². The molecule has 29 heavy (non-hydrogen) atoms. The summed E-state index contributed by atoms with van der Waals surface area (Å²) in [6.45, 7) is 1.50. The molecule has 1 aliphatic rings. The summed E-state index contributed by atoms with van der Waals surface area (Å²) in [5, 5.41) is 22.5. The number of aromatic hydroxyl groups is 1. The van der Waals surface area contributed by atoms with E-state index in [2.05, 4.69) is 23.5 Å². The van der Waals surface area contributed by atoms with Crippen molar-refractivity contribution >= 4 is 0 Å². The predicted octanol–water partition coefficient (Wildman–Crippen LogP) is 4.25. The Hall–Kier alpha value is -2.30. The number of aliphatic hydroxyl groups excluding tert-OH is 1. The number of benzene rings is 2. The molecule has 0 heterocycles. The summed E-state index contributed by atoms with van der Waals surface area (Å²) in [5.74, 6) is 1.73. The Balaban J connectivity index is 1.67. The largest absolute Gasteiger partial charge is 0.508 e. The zero-order valence-electron chi connectivity index (χ0n) is 17.3. The molecule has 1 aliphatic carbocycles. The van der Waals surface area contributed by atoms with Gasteiger partial charge in [-0.1, -0.05) is 35.9 Å². The van der Waals surface area contributed by atoms with Crippen LogP contribution < -0.4 is 10.1 Å². The van der Waals surface area contributed by atoms with Gasteiger partial charge in [0, 0.05) is 6.54 Å². The first-order chi connectivity index (χ1) is 14.1. The molecule has 1 saturated carbocycles. The molecular weight excluding hydrogens is 362 g/mol. The van der Waals surface area contributed by atoms with Gasteiger partial charge in [0.15, 0.2) is 0 Å². The lowest BCUT2D eigenvalue weighted by molar-refractivity contribution is 0.115. The number of hydrogen-bond acceptors (Lipinski definition) is 4. The minimum atomic E-state index is -0.142. The minimum Gasteiger partial charge on any atom is -0.508 e. The van der Waals surface area contributed by atoms with E-state index in [9.17, 15) is 10.2 Å². The molecule has 3 rings (SSSR count). The minimum absolute atomic E-state index is 0.142. The van der Waals surface area contributed by atoms with Gasteiger partial charge in [0.2, 0.25) is 0 Å². The second-order valence-electron chi connectivity index (χ2n) is 7.93. The fraction of sp³-hybridized carbons (Fsp3) is 0.440. The molecule has 4 nitrogen and oxygen atoms in total. The van der Waals surface area contributed by atoms with Gasteiger partial charge in [-0.25, -0.2) is 0 Å². The van der Waals surface area contributed by atoms with Crippen molar-refractivity contribution in [1.82, 2.24) is 5.32 Å². The molecule has 156 valence electrons. The number of likely N-dealkylation sites (N-methyl/N-ethyl adjacent to an activating group) is 1. The summed E-state index contributed by atoms with van der Waals surface area (Å²) >= 11 is 0. The van der Waals surface area contributed by atoms with Gasteiger partial charge in [0.05, 0.1) is 6.10 Å². The van der Waals surface area contributed by atoms with E-state index in [-0.39, 0.29) is 6.10 Å². The molecule has 0 radical (unpaired) electrons. The van der Waals surface area contributed by atoms with E-state index in [0.717, 1.165) is 50.8 Å². The summed E-state index contributed by atoms with van der Waals surface area (Å²) < 4.78 is 5.70. The molecule has 0 saturated heterocycles.